The largest absolute Gasteiger partial charge is 0.381 e. The second-order valence-electron chi connectivity index (χ2n) is 3.51. The van der Waals surface area contributed by atoms with E-state index in [1.165, 1.54) is 0 Å². The second kappa shape index (κ2) is 4.71. The van der Waals surface area contributed by atoms with Gasteiger partial charge in [-0.25, -0.2) is 0 Å². The number of carbonyl (C=O) groups is 1. The summed E-state index contributed by atoms with van der Waals surface area (Å²) in [5, 5.41) is 9.69. The lowest BCUT2D eigenvalue weighted by molar-refractivity contribution is -0.130. The molecule has 1 rings (SSSR count). The highest BCUT2D eigenvalue weighted by molar-refractivity contribution is 9.10. The summed E-state index contributed by atoms with van der Waals surface area (Å²) in [4.78, 5) is 11.5. The smallest absolute Gasteiger partial charge is 0.168 e. The first-order valence-electron chi connectivity index (χ1n) is 4.49. The quantitative estimate of drug-likeness (QED) is 0.903. The van der Waals surface area contributed by atoms with E-state index in [0.29, 0.717) is 5.56 Å². The van der Waals surface area contributed by atoms with Crippen LogP contribution in [-0.2, 0) is 4.79 Å². The van der Waals surface area contributed by atoms with Gasteiger partial charge < -0.3 is 5.11 Å². The van der Waals surface area contributed by atoms with Crippen molar-refractivity contribution in [3.63, 3.8) is 0 Å². The zero-order chi connectivity index (χ0) is 10.7. The topological polar surface area (TPSA) is 37.3 Å². The van der Waals surface area contributed by atoms with E-state index < -0.39 is 6.10 Å². The molecule has 2 nitrogen and oxygen atoms in total. The molecule has 0 bridgehead atoms. The maximum Gasteiger partial charge on any atom is 0.168 e. The lowest BCUT2D eigenvalue weighted by atomic mass is 9.98. The Bertz CT molecular complexity index is 317. The minimum Gasteiger partial charge on any atom is -0.381 e. The fourth-order valence-corrected chi connectivity index (χ4v) is 1.39. The van der Waals surface area contributed by atoms with Crippen molar-refractivity contribution in [2.24, 2.45) is 5.92 Å². The Hall–Kier alpha value is -0.670. The number of hydrogen-bond acceptors (Lipinski definition) is 2. The first-order chi connectivity index (χ1) is 6.52. The van der Waals surface area contributed by atoms with Crippen LogP contribution in [0.3, 0.4) is 0 Å². The number of ketones is 1. The molecule has 14 heavy (non-hydrogen) atoms. The minimum atomic E-state index is -0.997. The van der Waals surface area contributed by atoms with E-state index in [1.54, 1.807) is 26.0 Å². The van der Waals surface area contributed by atoms with Gasteiger partial charge >= 0.3 is 0 Å². The predicted octanol–water partition coefficient (Wildman–Crippen LogP) is 2.71. The number of benzene rings is 1. The van der Waals surface area contributed by atoms with Crippen molar-refractivity contribution in [3.05, 3.63) is 34.3 Å². The van der Waals surface area contributed by atoms with Crippen LogP contribution in [0.15, 0.2) is 28.7 Å². The summed E-state index contributed by atoms with van der Waals surface area (Å²) < 4.78 is 0.936. The van der Waals surface area contributed by atoms with E-state index in [2.05, 4.69) is 15.9 Å². The van der Waals surface area contributed by atoms with Crippen molar-refractivity contribution in [1.82, 2.24) is 0 Å². The third kappa shape index (κ3) is 2.66. The number of hydrogen-bond donors (Lipinski definition) is 1. The van der Waals surface area contributed by atoms with Gasteiger partial charge in [0.25, 0.3) is 0 Å². The van der Waals surface area contributed by atoms with E-state index >= 15 is 0 Å². The van der Waals surface area contributed by atoms with Gasteiger partial charge in [0.2, 0.25) is 0 Å². The van der Waals surface area contributed by atoms with Crippen LogP contribution in [-0.4, -0.2) is 10.9 Å². The average Bonchev–Trinajstić information content (AvgIpc) is 2.16. The van der Waals surface area contributed by atoms with Gasteiger partial charge in [-0.2, -0.15) is 0 Å². The summed E-state index contributed by atoms with van der Waals surface area (Å²) in [7, 11) is 0. The van der Waals surface area contributed by atoms with Crippen LogP contribution < -0.4 is 0 Å². The molecule has 0 saturated carbocycles. The van der Waals surface area contributed by atoms with Crippen LogP contribution in [0.1, 0.15) is 25.5 Å². The van der Waals surface area contributed by atoms with Crippen LogP contribution in [0, 0.1) is 5.92 Å². The zero-order valence-corrected chi connectivity index (χ0v) is 9.78. The lowest BCUT2D eigenvalue weighted by Crippen LogP contribution is -2.17. The fraction of sp³-hybridized carbons (Fsp3) is 0.364. The Labute approximate surface area is 92.1 Å². The second-order valence-corrected chi connectivity index (χ2v) is 4.43. The molecule has 0 heterocycles. The molecule has 0 aliphatic carbocycles. The molecule has 1 N–H and O–H groups in total. The summed E-state index contributed by atoms with van der Waals surface area (Å²) in [6, 6.07) is 7.11. The number of Topliss-reactive ketones (excluding diaryl/α,β-unsaturated/α-hetero) is 1. The first kappa shape index (κ1) is 11.4. The summed E-state index contributed by atoms with van der Waals surface area (Å²) in [5.74, 6) is -0.291. The highest BCUT2D eigenvalue weighted by atomic mass is 79.9. The Morgan fingerprint density at radius 1 is 1.29 bits per heavy atom. The maximum absolute atomic E-state index is 11.5. The molecule has 0 aliphatic rings. The van der Waals surface area contributed by atoms with E-state index in [4.69, 9.17) is 0 Å². The molecule has 3 heteroatoms. The highest BCUT2D eigenvalue weighted by Crippen LogP contribution is 2.19. The van der Waals surface area contributed by atoms with Gasteiger partial charge in [-0.05, 0) is 17.7 Å². The van der Waals surface area contributed by atoms with Gasteiger partial charge in [-0.1, -0.05) is 41.9 Å². The molecule has 0 aromatic heterocycles. The van der Waals surface area contributed by atoms with E-state index in [-0.39, 0.29) is 11.7 Å². The molecule has 1 aromatic carbocycles. The van der Waals surface area contributed by atoms with Gasteiger partial charge in [-0.15, -0.1) is 0 Å². The van der Waals surface area contributed by atoms with Crippen molar-refractivity contribution in [3.8, 4) is 0 Å². The Kier molecular flexibility index (Phi) is 3.84. The van der Waals surface area contributed by atoms with Crippen molar-refractivity contribution < 1.29 is 9.90 Å². The summed E-state index contributed by atoms with van der Waals surface area (Å²) in [6.07, 6.45) is -0.997. The standard InChI is InChI=1S/C11H13BrO2/c1-7(2)10(13)11(14)8-3-5-9(12)6-4-8/h3-7,11,14H,1-2H3/t11-/m1/s1. The van der Waals surface area contributed by atoms with Crippen LogP contribution in [0.5, 0.6) is 0 Å². The molecule has 0 radical (unpaired) electrons. The molecule has 0 saturated heterocycles. The Morgan fingerprint density at radius 3 is 2.21 bits per heavy atom. The molecule has 0 amide bonds. The van der Waals surface area contributed by atoms with Crippen LogP contribution in [0.25, 0.3) is 0 Å². The molecular formula is C11H13BrO2. The van der Waals surface area contributed by atoms with E-state index in [1.807, 2.05) is 12.1 Å². The number of aliphatic hydroxyl groups excluding tert-OH is 1. The van der Waals surface area contributed by atoms with Crippen molar-refractivity contribution in [2.75, 3.05) is 0 Å². The molecule has 1 atom stereocenters. The number of aliphatic hydroxyl groups is 1. The molecule has 1 aromatic rings. The fourth-order valence-electron chi connectivity index (χ4n) is 1.13. The van der Waals surface area contributed by atoms with E-state index in [9.17, 15) is 9.90 Å². The summed E-state index contributed by atoms with van der Waals surface area (Å²) >= 11 is 3.29. The highest BCUT2D eigenvalue weighted by Gasteiger charge is 2.19. The monoisotopic (exact) mass is 256 g/mol. The maximum atomic E-state index is 11.5. The predicted molar refractivity (Wildman–Crippen MR) is 58.9 cm³/mol. The summed E-state index contributed by atoms with van der Waals surface area (Å²) in [5.41, 5.74) is 0.645. The molecule has 0 unspecified atom stereocenters. The van der Waals surface area contributed by atoms with Crippen molar-refractivity contribution in [1.29, 1.82) is 0 Å². The van der Waals surface area contributed by atoms with Gasteiger partial charge in [-0.3, -0.25) is 4.79 Å². The third-order valence-corrected chi connectivity index (χ3v) is 2.55. The van der Waals surface area contributed by atoms with Gasteiger partial charge in [0.1, 0.15) is 6.10 Å². The van der Waals surface area contributed by atoms with Crippen LogP contribution in [0.4, 0.5) is 0 Å². The van der Waals surface area contributed by atoms with Gasteiger partial charge in [0.05, 0.1) is 0 Å². The normalized spacial score (nSPS) is 12.9. The molecule has 0 fully saturated rings. The number of carbonyl (C=O) groups excluding carboxylic acids is 1. The van der Waals surface area contributed by atoms with Gasteiger partial charge in [0, 0.05) is 10.4 Å². The van der Waals surface area contributed by atoms with Gasteiger partial charge in [0.15, 0.2) is 5.78 Å². The Balaban J connectivity index is 2.84. The van der Waals surface area contributed by atoms with E-state index in [0.717, 1.165) is 4.47 Å². The summed E-state index contributed by atoms with van der Waals surface area (Å²) in [6.45, 7) is 3.56. The minimum absolute atomic E-state index is 0.145. The lowest BCUT2D eigenvalue weighted by Gasteiger charge is -2.12. The van der Waals surface area contributed by atoms with Crippen LogP contribution >= 0.6 is 15.9 Å². The first-order valence-corrected chi connectivity index (χ1v) is 5.29. The van der Waals surface area contributed by atoms with Crippen molar-refractivity contribution in [2.45, 2.75) is 20.0 Å². The molecule has 0 spiro atoms. The molecule has 76 valence electrons. The molecular weight excluding hydrogens is 244 g/mol. The SMILES string of the molecule is CC(C)C(=O)[C@H](O)c1ccc(Br)cc1. The third-order valence-electron chi connectivity index (χ3n) is 2.02. The van der Waals surface area contributed by atoms with Crippen LogP contribution in [0.2, 0.25) is 0 Å². The Morgan fingerprint density at radius 2 is 1.79 bits per heavy atom. The average molecular weight is 257 g/mol. The number of rotatable bonds is 3. The van der Waals surface area contributed by atoms with Crippen molar-refractivity contribution >= 4 is 21.7 Å². The number of halogens is 1. The molecule has 0 aliphatic heterocycles. The zero-order valence-electron chi connectivity index (χ0n) is 8.20.